The van der Waals surface area contributed by atoms with Gasteiger partial charge in [-0.1, -0.05) is 13.3 Å². The van der Waals surface area contributed by atoms with Crippen LogP contribution in [-0.4, -0.2) is 6.61 Å². The minimum atomic E-state index is -0.270. The number of aryl methyl sites for hydroxylation is 1. The van der Waals surface area contributed by atoms with Crippen LogP contribution in [0.4, 0.5) is 0 Å². The highest BCUT2D eigenvalue weighted by molar-refractivity contribution is 14.1. The summed E-state index contributed by atoms with van der Waals surface area (Å²) < 4.78 is 12.0. The number of unbranched alkanes of at least 4 members (excludes halogenated alkanes) is 1. The number of fused-ring (bicyclic) bond motifs is 1. The van der Waals surface area contributed by atoms with Crippen molar-refractivity contribution in [2.24, 2.45) is 0 Å². The van der Waals surface area contributed by atoms with Crippen molar-refractivity contribution in [2.75, 3.05) is 6.61 Å². The van der Waals surface area contributed by atoms with Crippen molar-refractivity contribution in [2.45, 2.75) is 33.6 Å². The Morgan fingerprint density at radius 3 is 2.68 bits per heavy atom. The summed E-state index contributed by atoms with van der Waals surface area (Å²) in [6.45, 7) is 6.55. The number of hydrogen-bond acceptors (Lipinski definition) is 3. The van der Waals surface area contributed by atoms with Gasteiger partial charge in [0, 0.05) is 10.9 Å². The molecule has 2 aromatic rings. The van der Waals surface area contributed by atoms with Crippen LogP contribution in [0.5, 0.6) is 5.75 Å². The Labute approximate surface area is 126 Å². The van der Waals surface area contributed by atoms with Gasteiger partial charge in [0.05, 0.1) is 10.2 Å². The molecule has 1 heterocycles. The molecule has 4 heteroatoms. The topological polar surface area (TPSA) is 39.4 Å². The van der Waals surface area contributed by atoms with E-state index in [1.54, 1.807) is 6.92 Å². The molecule has 0 atom stereocenters. The summed E-state index contributed by atoms with van der Waals surface area (Å²) in [6.07, 6.45) is 2.11. The monoisotopic (exact) mass is 372 g/mol. The van der Waals surface area contributed by atoms with Crippen molar-refractivity contribution >= 4 is 33.6 Å². The van der Waals surface area contributed by atoms with Crippen LogP contribution in [0.25, 0.3) is 11.0 Å². The zero-order valence-electron chi connectivity index (χ0n) is 11.4. The summed E-state index contributed by atoms with van der Waals surface area (Å²) in [6, 6.07) is 3.91. The van der Waals surface area contributed by atoms with E-state index in [9.17, 15) is 4.79 Å². The van der Waals surface area contributed by atoms with Gasteiger partial charge in [-0.2, -0.15) is 0 Å². The lowest BCUT2D eigenvalue weighted by Crippen LogP contribution is -2.07. The number of halogens is 1. The van der Waals surface area contributed by atoms with E-state index in [0.717, 1.165) is 33.1 Å². The molecule has 0 saturated heterocycles. The maximum Gasteiger partial charge on any atom is 0.339 e. The fraction of sp³-hybridized carbons (Fsp3) is 0.400. The van der Waals surface area contributed by atoms with Gasteiger partial charge in [0.2, 0.25) is 0 Å². The van der Waals surface area contributed by atoms with Crippen molar-refractivity contribution < 1.29 is 9.15 Å². The van der Waals surface area contributed by atoms with Gasteiger partial charge in [-0.05, 0) is 60.6 Å². The summed E-state index contributed by atoms with van der Waals surface area (Å²) in [5, 5.41) is 0.976. The Morgan fingerprint density at radius 2 is 2.00 bits per heavy atom. The molecule has 0 N–H and O–H groups in total. The second-order valence-electron chi connectivity index (χ2n) is 4.60. The largest absolute Gasteiger partial charge is 0.492 e. The van der Waals surface area contributed by atoms with Crippen LogP contribution in [0.15, 0.2) is 21.3 Å². The van der Waals surface area contributed by atoms with Crippen molar-refractivity contribution in [1.29, 1.82) is 0 Å². The SMILES string of the molecule is CCCCOc1ccc2c(C)c(C)c(=O)oc2c1I. The third-order valence-electron chi connectivity index (χ3n) is 3.28. The molecule has 3 nitrogen and oxygen atoms in total. The van der Waals surface area contributed by atoms with Crippen LogP contribution < -0.4 is 10.4 Å². The molecule has 102 valence electrons. The standard InChI is InChI=1S/C15H17IO3/c1-4-5-8-18-12-7-6-11-9(2)10(3)15(17)19-14(11)13(12)16/h6-7H,4-5,8H2,1-3H3. The van der Waals surface area contributed by atoms with Gasteiger partial charge in [-0.15, -0.1) is 0 Å². The van der Waals surface area contributed by atoms with E-state index < -0.39 is 0 Å². The van der Waals surface area contributed by atoms with E-state index in [0.29, 0.717) is 17.8 Å². The second-order valence-corrected chi connectivity index (χ2v) is 5.67. The number of hydrogen-bond donors (Lipinski definition) is 0. The Morgan fingerprint density at radius 1 is 1.26 bits per heavy atom. The highest BCUT2D eigenvalue weighted by Gasteiger charge is 2.13. The molecule has 0 saturated carbocycles. The van der Waals surface area contributed by atoms with Gasteiger partial charge >= 0.3 is 5.63 Å². The van der Waals surface area contributed by atoms with E-state index in [2.05, 4.69) is 29.5 Å². The molecule has 0 spiro atoms. The Bertz CT molecular complexity index is 658. The normalized spacial score (nSPS) is 10.9. The molecule has 0 fully saturated rings. The predicted octanol–water partition coefficient (Wildman–Crippen LogP) is 4.19. The van der Waals surface area contributed by atoms with Crippen LogP contribution in [0.1, 0.15) is 30.9 Å². The molecule has 1 aromatic carbocycles. The Balaban J connectivity index is 2.53. The molecule has 0 amide bonds. The average molecular weight is 372 g/mol. The summed E-state index contributed by atoms with van der Waals surface area (Å²) in [7, 11) is 0. The van der Waals surface area contributed by atoms with E-state index >= 15 is 0 Å². The van der Waals surface area contributed by atoms with Crippen LogP contribution in [0.2, 0.25) is 0 Å². The second kappa shape index (κ2) is 5.94. The minimum absolute atomic E-state index is 0.270. The lowest BCUT2D eigenvalue weighted by atomic mass is 10.1. The van der Waals surface area contributed by atoms with E-state index in [1.165, 1.54) is 0 Å². The van der Waals surface area contributed by atoms with E-state index in [-0.39, 0.29) is 5.63 Å². The van der Waals surface area contributed by atoms with E-state index in [4.69, 9.17) is 9.15 Å². The number of rotatable bonds is 4. The van der Waals surface area contributed by atoms with Crippen LogP contribution in [0, 0.1) is 17.4 Å². The van der Waals surface area contributed by atoms with Gasteiger partial charge < -0.3 is 9.15 Å². The van der Waals surface area contributed by atoms with E-state index in [1.807, 2.05) is 19.1 Å². The maximum atomic E-state index is 11.8. The highest BCUT2D eigenvalue weighted by atomic mass is 127. The third kappa shape index (κ3) is 2.78. The average Bonchev–Trinajstić information content (AvgIpc) is 2.40. The smallest absolute Gasteiger partial charge is 0.339 e. The van der Waals surface area contributed by atoms with Gasteiger partial charge in [0.15, 0.2) is 5.58 Å². The van der Waals surface area contributed by atoms with Crippen LogP contribution in [-0.2, 0) is 0 Å². The first-order valence-corrected chi connectivity index (χ1v) is 7.49. The zero-order chi connectivity index (χ0) is 14.0. The number of benzene rings is 1. The molecular formula is C15H17IO3. The molecule has 0 aliphatic heterocycles. The molecule has 19 heavy (non-hydrogen) atoms. The van der Waals surface area contributed by atoms with Crippen LogP contribution in [0.3, 0.4) is 0 Å². The Kier molecular flexibility index (Phi) is 4.50. The van der Waals surface area contributed by atoms with Crippen molar-refractivity contribution in [3.63, 3.8) is 0 Å². The molecule has 0 aliphatic rings. The lowest BCUT2D eigenvalue weighted by molar-refractivity contribution is 0.307. The van der Waals surface area contributed by atoms with Gasteiger partial charge in [0.25, 0.3) is 0 Å². The van der Waals surface area contributed by atoms with Crippen molar-refractivity contribution in [3.05, 3.63) is 37.2 Å². The lowest BCUT2D eigenvalue weighted by Gasteiger charge is -2.11. The first-order chi connectivity index (χ1) is 9.06. The fourth-order valence-corrected chi connectivity index (χ4v) is 2.63. The first-order valence-electron chi connectivity index (χ1n) is 6.41. The molecule has 0 radical (unpaired) electrons. The van der Waals surface area contributed by atoms with Gasteiger partial charge in [0.1, 0.15) is 5.75 Å². The molecule has 1 aromatic heterocycles. The molecule has 0 unspecified atom stereocenters. The predicted molar refractivity (Wildman–Crippen MR) is 85.1 cm³/mol. The molecule has 2 rings (SSSR count). The quantitative estimate of drug-likeness (QED) is 0.459. The zero-order valence-corrected chi connectivity index (χ0v) is 13.5. The van der Waals surface area contributed by atoms with Gasteiger partial charge in [-0.3, -0.25) is 0 Å². The third-order valence-corrected chi connectivity index (χ3v) is 4.31. The van der Waals surface area contributed by atoms with Crippen molar-refractivity contribution in [3.8, 4) is 5.75 Å². The summed E-state index contributed by atoms with van der Waals surface area (Å²) >= 11 is 2.18. The van der Waals surface area contributed by atoms with Crippen molar-refractivity contribution in [1.82, 2.24) is 0 Å². The minimum Gasteiger partial charge on any atom is -0.492 e. The fourth-order valence-electron chi connectivity index (χ4n) is 1.90. The number of ether oxygens (including phenoxy) is 1. The highest BCUT2D eigenvalue weighted by Crippen LogP contribution is 2.31. The molecule has 0 bridgehead atoms. The molecular weight excluding hydrogens is 355 g/mol. The summed E-state index contributed by atoms with van der Waals surface area (Å²) in [5.74, 6) is 0.785. The summed E-state index contributed by atoms with van der Waals surface area (Å²) in [4.78, 5) is 11.8. The first kappa shape index (κ1) is 14.4. The maximum absolute atomic E-state index is 11.8. The molecule has 0 aliphatic carbocycles. The summed E-state index contributed by atoms with van der Waals surface area (Å²) in [5.41, 5.74) is 2.00. The van der Waals surface area contributed by atoms with Gasteiger partial charge in [-0.25, -0.2) is 4.79 Å². The Hall–Kier alpha value is -1.04. The van der Waals surface area contributed by atoms with Crippen LogP contribution >= 0.6 is 22.6 Å².